The predicted octanol–water partition coefficient (Wildman–Crippen LogP) is 4.95. The Labute approximate surface area is 110 Å². The number of para-hydroxylation sites is 1. The van der Waals surface area contributed by atoms with Gasteiger partial charge in [-0.3, -0.25) is 0 Å². The zero-order chi connectivity index (χ0) is 12.6. The van der Waals surface area contributed by atoms with E-state index in [4.69, 9.17) is 0 Å². The first-order chi connectivity index (χ1) is 8.74. The van der Waals surface area contributed by atoms with Gasteiger partial charge >= 0.3 is 0 Å². The van der Waals surface area contributed by atoms with Crippen LogP contribution < -0.4 is 0 Å². The van der Waals surface area contributed by atoms with Crippen LogP contribution in [0.1, 0.15) is 57.2 Å². The van der Waals surface area contributed by atoms with Gasteiger partial charge in [-0.2, -0.15) is 0 Å². The molecule has 0 unspecified atom stereocenters. The van der Waals surface area contributed by atoms with Crippen molar-refractivity contribution in [1.82, 2.24) is 4.98 Å². The lowest BCUT2D eigenvalue weighted by molar-refractivity contribution is 0.349. The van der Waals surface area contributed by atoms with Crippen LogP contribution in [-0.2, 0) is 11.8 Å². The number of hydrogen-bond donors (Lipinski definition) is 1. The van der Waals surface area contributed by atoms with Crippen molar-refractivity contribution in [3.05, 3.63) is 35.5 Å². The van der Waals surface area contributed by atoms with E-state index >= 15 is 0 Å². The molecular weight excluding hydrogens is 218 g/mol. The highest BCUT2D eigenvalue weighted by molar-refractivity contribution is 5.85. The van der Waals surface area contributed by atoms with Crippen molar-refractivity contribution in [1.29, 1.82) is 0 Å². The quantitative estimate of drug-likeness (QED) is 0.782. The molecule has 1 N–H and O–H groups in total. The molecule has 0 saturated carbocycles. The molecule has 1 nitrogen and oxygen atoms in total. The van der Waals surface area contributed by atoms with Crippen LogP contribution in [0.25, 0.3) is 10.9 Å². The maximum Gasteiger partial charge on any atom is 0.0459 e. The predicted molar refractivity (Wildman–Crippen MR) is 78.1 cm³/mol. The summed E-state index contributed by atoms with van der Waals surface area (Å²) in [4.78, 5) is 3.72. The number of nitrogens with one attached hydrogen (secondary N) is 1. The van der Waals surface area contributed by atoms with Gasteiger partial charge in [-0.05, 0) is 37.3 Å². The number of unbranched alkanes of at least 4 members (excludes halogenated alkanes) is 1. The molecule has 2 aromatic rings. The number of aromatic nitrogens is 1. The number of aryl methyl sites for hydroxylation is 1. The maximum absolute atomic E-state index is 3.72. The molecule has 1 heterocycles. The molecule has 1 atom stereocenters. The average Bonchev–Trinajstić information content (AvgIpc) is 2.77. The molecule has 0 aliphatic heterocycles. The highest BCUT2D eigenvalue weighted by atomic mass is 14.8. The normalized spacial score (nSPS) is 23.2. The Morgan fingerprint density at radius 2 is 2.11 bits per heavy atom. The Kier molecular flexibility index (Phi) is 2.93. The topological polar surface area (TPSA) is 15.8 Å². The summed E-state index contributed by atoms with van der Waals surface area (Å²) in [5.74, 6) is 0. The third kappa shape index (κ3) is 1.77. The van der Waals surface area contributed by atoms with Crippen LogP contribution in [0, 0.1) is 0 Å². The average molecular weight is 241 g/mol. The fraction of sp³-hybridized carbons (Fsp3) is 0.529. The van der Waals surface area contributed by atoms with Gasteiger partial charge in [-0.1, -0.05) is 44.9 Å². The van der Waals surface area contributed by atoms with Crippen LogP contribution in [0.2, 0.25) is 0 Å². The van der Waals surface area contributed by atoms with Gasteiger partial charge in [-0.15, -0.1) is 0 Å². The van der Waals surface area contributed by atoms with E-state index in [0.29, 0.717) is 5.41 Å². The lowest BCUT2D eigenvalue weighted by Gasteiger charge is -2.34. The van der Waals surface area contributed by atoms with E-state index in [0.717, 1.165) is 0 Å². The van der Waals surface area contributed by atoms with Crippen molar-refractivity contribution >= 4 is 10.9 Å². The van der Waals surface area contributed by atoms with E-state index in [1.165, 1.54) is 55.1 Å². The molecule has 96 valence electrons. The van der Waals surface area contributed by atoms with Crippen molar-refractivity contribution in [3.63, 3.8) is 0 Å². The van der Waals surface area contributed by atoms with E-state index in [1.807, 2.05) is 0 Å². The Bertz CT molecular complexity index is 552. The van der Waals surface area contributed by atoms with Crippen LogP contribution in [0.15, 0.2) is 24.3 Å². The first-order valence-electron chi connectivity index (χ1n) is 7.35. The van der Waals surface area contributed by atoms with E-state index in [1.54, 1.807) is 5.56 Å². The van der Waals surface area contributed by atoms with Gasteiger partial charge in [0, 0.05) is 22.0 Å². The number of rotatable bonds is 3. The minimum absolute atomic E-state index is 0.378. The zero-order valence-electron chi connectivity index (χ0n) is 11.6. The van der Waals surface area contributed by atoms with Gasteiger partial charge in [0.1, 0.15) is 0 Å². The third-order valence-corrected chi connectivity index (χ3v) is 4.65. The Hall–Kier alpha value is -1.24. The molecule has 1 aliphatic carbocycles. The van der Waals surface area contributed by atoms with E-state index in [-0.39, 0.29) is 0 Å². The summed E-state index contributed by atoms with van der Waals surface area (Å²) in [6, 6.07) is 8.78. The summed E-state index contributed by atoms with van der Waals surface area (Å²) in [6.07, 6.45) is 7.89. The Morgan fingerprint density at radius 1 is 1.28 bits per heavy atom. The minimum Gasteiger partial charge on any atom is -0.358 e. The van der Waals surface area contributed by atoms with E-state index < -0.39 is 0 Å². The van der Waals surface area contributed by atoms with E-state index in [9.17, 15) is 0 Å². The van der Waals surface area contributed by atoms with Crippen LogP contribution in [0.4, 0.5) is 0 Å². The third-order valence-electron chi connectivity index (χ3n) is 4.65. The lowest BCUT2D eigenvalue weighted by atomic mass is 9.72. The monoisotopic (exact) mass is 241 g/mol. The highest BCUT2D eigenvalue weighted by Crippen LogP contribution is 2.42. The first kappa shape index (κ1) is 11.8. The SMILES string of the molecule is CCCC[C@]1(C)CCCc2c1[nH]c1ccccc21. The van der Waals surface area contributed by atoms with Crippen molar-refractivity contribution in [2.24, 2.45) is 0 Å². The second kappa shape index (κ2) is 4.46. The highest BCUT2D eigenvalue weighted by Gasteiger charge is 2.33. The molecule has 0 bridgehead atoms. The molecular formula is C17H23N. The van der Waals surface area contributed by atoms with Crippen molar-refractivity contribution in [3.8, 4) is 0 Å². The Morgan fingerprint density at radius 3 is 2.94 bits per heavy atom. The largest absolute Gasteiger partial charge is 0.358 e. The summed E-state index contributed by atoms with van der Waals surface area (Å²) in [5.41, 5.74) is 4.83. The van der Waals surface area contributed by atoms with E-state index in [2.05, 4.69) is 43.1 Å². The van der Waals surface area contributed by atoms with Crippen molar-refractivity contribution in [2.45, 2.75) is 57.8 Å². The molecule has 1 aromatic carbocycles. The molecule has 1 aromatic heterocycles. The molecule has 1 aliphatic rings. The number of fused-ring (bicyclic) bond motifs is 3. The molecule has 0 amide bonds. The molecule has 1 heteroatoms. The smallest absolute Gasteiger partial charge is 0.0459 e. The molecule has 3 rings (SSSR count). The summed E-state index contributed by atoms with van der Waals surface area (Å²) in [6.45, 7) is 4.74. The van der Waals surface area contributed by atoms with Crippen molar-refractivity contribution in [2.75, 3.05) is 0 Å². The molecule has 0 fully saturated rings. The number of H-pyrrole nitrogens is 1. The number of aromatic amines is 1. The van der Waals surface area contributed by atoms with Gasteiger partial charge in [-0.25, -0.2) is 0 Å². The first-order valence-corrected chi connectivity index (χ1v) is 7.35. The number of benzene rings is 1. The zero-order valence-corrected chi connectivity index (χ0v) is 11.6. The molecule has 0 saturated heterocycles. The fourth-order valence-corrected chi connectivity index (χ4v) is 3.57. The summed E-state index contributed by atoms with van der Waals surface area (Å²) in [7, 11) is 0. The lowest BCUT2D eigenvalue weighted by Crippen LogP contribution is -2.27. The van der Waals surface area contributed by atoms with Gasteiger partial charge in [0.05, 0.1) is 0 Å². The van der Waals surface area contributed by atoms with Crippen LogP contribution >= 0.6 is 0 Å². The standard InChI is InChI=1S/C17H23N/c1-3-4-11-17(2)12-7-9-14-13-8-5-6-10-15(13)18-16(14)17/h5-6,8,10,18H,3-4,7,9,11-12H2,1-2H3/t17-/m1/s1. The van der Waals surface area contributed by atoms with Crippen LogP contribution in [0.3, 0.4) is 0 Å². The second-order valence-corrected chi connectivity index (χ2v) is 6.04. The van der Waals surface area contributed by atoms with Crippen LogP contribution in [-0.4, -0.2) is 4.98 Å². The summed E-state index contributed by atoms with van der Waals surface area (Å²) >= 11 is 0. The number of hydrogen-bond acceptors (Lipinski definition) is 0. The van der Waals surface area contributed by atoms with Crippen molar-refractivity contribution < 1.29 is 0 Å². The van der Waals surface area contributed by atoms with Gasteiger partial charge in [0.15, 0.2) is 0 Å². The molecule has 18 heavy (non-hydrogen) atoms. The second-order valence-electron chi connectivity index (χ2n) is 6.04. The van der Waals surface area contributed by atoms with Gasteiger partial charge in [0.25, 0.3) is 0 Å². The molecule has 0 radical (unpaired) electrons. The minimum atomic E-state index is 0.378. The fourth-order valence-electron chi connectivity index (χ4n) is 3.57. The summed E-state index contributed by atoms with van der Waals surface area (Å²) < 4.78 is 0. The van der Waals surface area contributed by atoms with Gasteiger partial charge < -0.3 is 4.98 Å². The Balaban J connectivity index is 2.10. The van der Waals surface area contributed by atoms with Crippen LogP contribution in [0.5, 0.6) is 0 Å². The maximum atomic E-state index is 3.72. The molecule has 0 spiro atoms. The summed E-state index contributed by atoms with van der Waals surface area (Å²) in [5, 5.41) is 1.45. The van der Waals surface area contributed by atoms with Gasteiger partial charge in [0.2, 0.25) is 0 Å².